The third-order valence-corrected chi connectivity index (χ3v) is 2.01. The molecule has 3 heteroatoms. The van der Waals surface area contributed by atoms with Crippen LogP contribution in [0.5, 0.6) is 0 Å². The zero-order valence-corrected chi connectivity index (χ0v) is 7.44. The Hall–Kier alpha value is -1.61. The van der Waals surface area contributed by atoms with Gasteiger partial charge in [0, 0.05) is 18.6 Å². The Labute approximate surface area is 76.8 Å². The van der Waals surface area contributed by atoms with Crippen molar-refractivity contribution in [3.63, 3.8) is 0 Å². The predicted molar refractivity (Wildman–Crippen MR) is 54.3 cm³/mol. The predicted octanol–water partition coefficient (Wildman–Crippen LogP) is 1.54. The van der Waals surface area contributed by atoms with E-state index in [9.17, 15) is 0 Å². The number of fused-ring (bicyclic) bond motifs is 1. The van der Waals surface area contributed by atoms with Crippen molar-refractivity contribution in [1.82, 2.24) is 4.98 Å². The molecular weight excluding hydrogens is 162 g/mol. The molecule has 0 unspecified atom stereocenters. The van der Waals surface area contributed by atoms with E-state index in [-0.39, 0.29) is 0 Å². The Morgan fingerprint density at radius 1 is 1.23 bits per heavy atom. The fourth-order valence-corrected chi connectivity index (χ4v) is 1.39. The van der Waals surface area contributed by atoms with Gasteiger partial charge in [-0.15, -0.1) is 0 Å². The van der Waals surface area contributed by atoms with E-state index in [2.05, 4.69) is 4.98 Å². The first-order valence-electron chi connectivity index (χ1n) is 4.11. The first kappa shape index (κ1) is 8.01. The molecule has 0 spiro atoms. The molecule has 0 aliphatic carbocycles. The molecule has 0 aliphatic rings. The van der Waals surface area contributed by atoms with Gasteiger partial charge >= 0.3 is 0 Å². The smallest absolute Gasteiger partial charge is 0.0723 e. The number of pyridine rings is 1. The van der Waals surface area contributed by atoms with Gasteiger partial charge in [-0.25, -0.2) is 5.84 Å². The average Bonchev–Trinajstić information content (AvgIpc) is 2.17. The minimum Gasteiger partial charge on any atom is -0.313 e. The summed E-state index contributed by atoms with van der Waals surface area (Å²) in [4.78, 5) is 4.24. The molecule has 0 radical (unpaired) electrons. The first-order chi connectivity index (χ1) is 6.29. The minimum absolute atomic E-state index is 0.970. The molecule has 1 aromatic carbocycles. The Bertz CT molecular complexity index is 418. The Kier molecular flexibility index (Phi) is 1.87. The Morgan fingerprint density at radius 3 is 2.77 bits per heavy atom. The normalized spacial score (nSPS) is 10.3. The largest absolute Gasteiger partial charge is 0.313 e. The van der Waals surface area contributed by atoms with Crippen molar-refractivity contribution < 1.29 is 0 Å². The molecule has 2 N–H and O–H groups in total. The van der Waals surface area contributed by atoms with Crippen LogP contribution in [0.15, 0.2) is 36.5 Å². The van der Waals surface area contributed by atoms with Crippen LogP contribution in [0.25, 0.3) is 10.9 Å². The van der Waals surface area contributed by atoms with Crippen molar-refractivity contribution in [3.8, 4) is 0 Å². The van der Waals surface area contributed by atoms with E-state index >= 15 is 0 Å². The van der Waals surface area contributed by atoms with Crippen molar-refractivity contribution in [2.75, 3.05) is 12.1 Å². The van der Waals surface area contributed by atoms with Crippen LogP contribution in [0.3, 0.4) is 0 Å². The van der Waals surface area contributed by atoms with Gasteiger partial charge in [0.25, 0.3) is 0 Å². The number of para-hydroxylation sites is 1. The molecule has 3 nitrogen and oxygen atoms in total. The topological polar surface area (TPSA) is 42.1 Å². The lowest BCUT2D eigenvalue weighted by atomic mass is 10.2. The lowest BCUT2D eigenvalue weighted by Gasteiger charge is -2.13. The van der Waals surface area contributed by atoms with Crippen molar-refractivity contribution in [2.45, 2.75) is 0 Å². The summed E-state index contributed by atoms with van der Waals surface area (Å²) in [6.45, 7) is 0. The highest BCUT2D eigenvalue weighted by Crippen LogP contribution is 2.21. The lowest BCUT2D eigenvalue weighted by molar-refractivity contribution is 1.02. The van der Waals surface area contributed by atoms with E-state index in [1.807, 2.05) is 37.4 Å². The van der Waals surface area contributed by atoms with E-state index in [1.165, 1.54) is 0 Å². The molecule has 2 aromatic rings. The van der Waals surface area contributed by atoms with Crippen LogP contribution in [0.1, 0.15) is 0 Å². The van der Waals surface area contributed by atoms with Gasteiger partial charge in [0.05, 0.1) is 11.2 Å². The summed E-state index contributed by atoms with van der Waals surface area (Å²) >= 11 is 0. The average molecular weight is 173 g/mol. The minimum atomic E-state index is 0.970. The number of hydrazine groups is 1. The SMILES string of the molecule is CN(N)c1ccnc2ccccc12. The van der Waals surface area contributed by atoms with Crippen molar-refractivity contribution in [1.29, 1.82) is 0 Å². The fourth-order valence-electron chi connectivity index (χ4n) is 1.39. The molecular formula is C10H11N3. The van der Waals surface area contributed by atoms with Crippen LogP contribution in [0, 0.1) is 0 Å². The zero-order chi connectivity index (χ0) is 9.26. The van der Waals surface area contributed by atoms with Crippen molar-refractivity contribution in [2.24, 2.45) is 5.84 Å². The number of anilines is 1. The van der Waals surface area contributed by atoms with Gasteiger partial charge in [-0.2, -0.15) is 0 Å². The number of nitrogens with two attached hydrogens (primary N) is 1. The van der Waals surface area contributed by atoms with E-state index < -0.39 is 0 Å². The van der Waals surface area contributed by atoms with Crippen molar-refractivity contribution in [3.05, 3.63) is 36.5 Å². The van der Waals surface area contributed by atoms with Crippen LogP contribution in [0.4, 0.5) is 5.69 Å². The second-order valence-electron chi connectivity index (χ2n) is 2.96. The molecule has 66 valence electrons. The maximum Gasteiger partial charge on any atom is 0.0723 e. The molecule has 0 fully saturated rings. The van der Waals surface area contributed by atoms with Gasteiger partial charge in [0.1, 0.15) is 0 Å². The monoisotopic (exact) mass is 173 g/mol. The molecule has 1 heterocycles. The highest BCUT2D eigenvalue weighted by atomic mass is 15.4. The number of benzene rings is 1. The van der Waals surface area contributed by atoms with E-state index in [4.69, 9.17) is 5.84 Å². The van der Waals surface area contributed by atoms with Gasteiger partial charge in [0.15, 0.2) is 0 Å². The molecule has 2 rings (SSSR count). The highest BCUT2D eigenvalue weighted by molar-refractivity contribution is 5.90. The highest BCUT2D eigenvalue weighted by Gasteiger charge is 2.01. The van der Waals surface area contributed by atoms with E-state index in [0.717, 1.165) is 16.6 Å². The third-order valence-electron chi connectivity index (χ3n) is 2.01. The Morgan fingerprint density at radius 2 is 2.00 bits per heavy atom. The van der Waals surface area contributed by atoms with Gasteiger partial charge in [-0.3, -0.25) is 4.98 Å². The summed E-state index contributed by atoms with van der Waals surface area (Å²) in [7, 11) is 1.82. The van der Waals surface area contributed by atoms with Crippen LogP contribution < -0.4 is 10.9 Å². The van der Waals surface area contributed by atoms with E-state index in [0.29, 0.717) is 0 Å². The Balaban J connectivity index is 2.76. The summed E-state index contributed by atoms with van der Waals surface area (Å²) in [5.41, 5.74) is 1.96. The van der Waals surface area contributed by atoms with Gasteiger partial charge < -0.3 is 5.01 Å². The maximum atomic E-state index is 5.69. The summed E-state index contributed by atoms with van der Waals surface area (Å²) < 4.78 is 0. The molecule has 13 heavy (non-hydrogen) atoms. The van der Waals surface area contributed by atoms with Crippen LogP contribution >= 0.6 is 0 Å². The lowest BCUT2D eigenvalue weighted by Crippen LogP contribution is -2.25. The van der Waals surface area contributed by atoms with Crippen LogP contribution in [-0.4, -0.2) is 12.0 Å². The number of hydrogen-bond donors (Lipinski definition) is 1. The quantitative estimate of drug-likeness (QED) is 0.525. The number of nitrogens with zero attached hydrogens (tertiary/aromatic N) is 2. The van der Waals surface area contributed by atoms with Crippen molar-refractivity contribution >= 4 is 16.6 Å². The number of rotatable bonds is 1. The number of hydrogen-bond acceptors (Lipinski definition) is 3. The number of aromatic nitrogens is 1. The molecule has 1 aromatic heterocycles. The van der Waals surface area contributed by atoms with Gasteiger partial charge in [-0.1, -0.05) is 18.2 Å². The molecule has 0 bridgehead atoms. The van der Waals surface area contributed by atoms with Gasteiger partial charge in [0.2, 0.25) is 0 Å². The molecule has 0 amide bonds. The summed E-state index contributed by atoms with van der Waals surface area (Å²) in [6, 6.07) is 9.85. The zero-order valence-electron chi connectivity index (χ0n) is 7.44. The second kappa shape index (κ2) is 3.03. The molecule has 0 saturated heterocycles. The first-order valence-corrected chi connectivity index (χ1v) is 4.11. The van der Waals surface area contributed by atoms with Crippen LogP contribution in [-0.2, 0) is 0 Å². The van der Waals surface area contributed by atoms with E-state index in [1.54, 1.807) is 11.2 Å². The third kappa shape index (κ3) is 1.34. The molecule has 0 saturated carbocycles. The van der Waals surface area contributed by atoms with Gasteiger partial charge in [-0.05, 0) is 12.1 Å². The van der Waals surface area contributed by atoms with Crippen LogP contribution in [0.2, 0.25) is 0 Å². The maximum absolute atomic E-state index is 5.69. The summed E-state index contributed by atoms with van der Waals surface area (Å²) in [6.07, 6.45) is 1.76. The molecule has 0 atom stereocenters. The standard InChI is InChI=1S/C10H11N3/c1-13(11)10-6-7-12-9-5-3-2-4-8(9)10/h2-7H,11H2,1H3. The molecule has 0 aliphatic heterocycles. The summed E-state index contributed by atoms with van der Waals surface area (Å²) in [5, 5.41) is 2.68. The fraction of sp³-hybridized carbons (Fsp3) is 0.100. The summed E-state index contributed by atoms with van der Waals surface area (Å²) in [5.74, 6) is 5.69. The second-order valence-corrected chi connectivity index (χ2v) is 2.96.